The molecule has 0 aliphatic carbocycles. The van der Waals surface area contributed by atoms with Gasteiger partial charge in [0.1, 0.15) is 30.5 Å². The number of hydrogen-bond acceptors (Lipinski definition) is 6. The summed E-state index contributed by atoms with van der Waals surface area (Å²) >= 11 is 0. The van der Waals surface area contributed by atoms with Gasteiger partial charge in [0.05, 0.1) is 11.6 Å². The van der Waals surface area contributed by atoms with Gasteiger partial charge in [0, 0.05) is 12.1 Å². The molecule has 1 aliphatic rings. The van der Waals surface area contributed by atoms with E-state index in [0.29, 0.717) is 37.5 Å². The third kappa shape index (κ3) is 6.23. The number of Topliss-reactive ketones (excluding diaryl/α,β-unsaturated/α-hetero) is 1. The van der Waals surface area contributed by atoms with Gasteiger partial charge in [0.2, 0.25) is 0 Å². The van der Waals surface area contributed by atoms with Crippen LogP contribution in [0.1, 0.15) is 29.2 Å². The number of likely N-dealkylation sites (tertiary alicyclic amines) is 1. The zero-order valence-electron chi connectivity index (χ0n) is 22.1. The van der Waals surface area contributed by atoms with Crippen LogP contribution in [0.4, 0.5) is 0 Å². The van der Waals surface area contributed by atoms with E-state index in [0.717, 1.165) is 23.4 Å². The highest BCUT2D eigenvalue weighted by Crippen LogP contribution is 2.39. The average molecular weight is 515 g/mol. The van der Waals surface area contributed by atoms with Crippen molar-refractivity contribution in [1.82, 2.24) is 9.80 Å². The molecule has 7 nitrogen and oxygen atoms in total. The number of aliphatic hydroxyl groups excluding tert-OH is 1. The molecule has 1 fully saturated rings. The van der Waals surface area contributed by atoms with Crippen LogP contribution in [-0.4, -0.2) is 67.0 Å². The van der Waals surface area contributed by atoms with E-state index in [1.54, 1.807) is 29.2 Å². The van der Waals surface area contributed by atoms with Crippen molar-refractivity contribution in [3.8, 4) is 11.5 Å². The minimum Gasteiger partial charge on any atom is -0.507 e. The van der Waals surface area contributed by atoms with Crippen LogP contribution in [0, 0.1) is 6.92 Å². The molecule has 1 saturated heterocycles. The first-order valence-electron chi connectivity index (χ1n) is 12.8. The van der Waals surface area contributed by atoms with Crippen LogP contribution in [0.2, 0.25) is 0 Å². The number of benzene rings is 3. The van der Waals surface area contributed by atoms with E-state index in [4.69, 9.17) is 9.47 Å². The maximum atomic E-state index is 13.1. The molecule has 1 atom stereocenters. The Morgan fingerprint density at radius 1 is 0.895 bits per heavy atom. The van der Waals surface area contributed by atoms with Crippen LogP contribution in [0.25, 0.3) is 5.76 Å². The first kappa shape index (κ1) is 26.9. The Bertz CT molecular complexity index is 1290. The number of para-hydroxylation sites is 1. The lowest BCUT2D eigenvalue weighted by Gasteiger charge is -2.26. The third-order valence-corrected chi connectivity index (χ3v) is 6.49. The largest absolute Gasteiger partial charge is 0.507 e. The van der Waals surface area contributed by atoms with Crippen molar-refractivity contribution in [2.45, 2.75) is 19.4 Å². The molecule has 38 heavy (non-hydrogen) atoms. The lowest BCUT2D eigenvalue weighted by Crippen LogP contribution is -2.32. The smallest absolute Gasteiger partial charge is 0.295 e. The van der Waals surface area contributed by atoms with Gasteiger partial charge in [0.15, 0.2) is 0 Å². The monoisotopic (exact) mass is 514 g/mol. The van der Waals surface area contributed by atoms with E-state index < -0.39 is 17.7 Å². The molecule has 3 aromatic carbocycles. The van der Waals surface area contributed by atoms with Crippen molar-refractivity contribution in [2.24, 2.45) is 0 Å². The number of carbonyl (C=O) groups is 2. The molecule has 1 aliphatic heterocycles. The first-order valence-corrected chi connectivity index (χ1v) is 12.8. The van der Waals surface area contributed by atoms with E-state index in [9.17, 15) is 14.7 Å². The van der Waals surface area contributed by atoms with Gasteiger partial charge >= 0.3 is 0 Å². The van der Waals surface area contributed by atoms with Gasteiger partial charge in [-0.15, -0.1) is 0 Å². The highest BCUT2D eigenvalue weighted by molar-refractivity contribution is 6.46. The number of ketones is 1. The Labute approximate surface area is 223 Å². The molecule has 198 valence electrons. The molecule has 1 heterocycles. The van der Waals surface area contributed by atoms with Gasteiger partial charge < -0.3 is 24.4 Å². The maximum Gasteiger partial charge on any atom is 0.295 e. The molecule has 0 aromatic heterocycles. The molecule has 1 amide bonds. The van der Waals surface area contributed by atoms with Crippen molar-refractivity contribution in [3.63, 3.8) is 0 Å². The van der Waals surface area contributed by atoms with Crippen LogP contribution >= 0.6 is 0 Å². The number of ether oxygens (including phenoxy) is 2. The van der Waals surface area contributed by atoms with Crippen LogP contribution < -0.4 is 9.47 Å². The van der Waals surface area contributed by atoms with Crippen molar-refractivity contribution >= 4 is 17.4 Å². The zero-order valence-corrected chi connectivity index (χ0v) is 22.1. The van der Waals surface area contributed by atoms with E-state index in [1.165, 1.54) is 0 Å². The number of aryl methyl sites for hydroxylation is 1. The number of nitrogens with zero attached hydrogens (tertiary/aromatic N) is 2. The van der Waals surface area contributed by atoms with Gasteiger partial charge in [-0.05, 0) is 63.3 Å². The van der Waals surface area contributed by atoms with E-state index in [2.05, 4.69) is 0 Å². The summed E-state index contributed by atoms with van der Waals surface area (Å²) in [5.41, 5.74) is 2.40. The van der Waals surface area contributed by atoms with E-state index in [1.807, 2.05) is 80.5 Å². The predicted molar refractivity (Wildman–Crippen MR) is 147 cm³/mol. The summed E-state index contributed by atoms with van der Waals surface area (Å²) in [4.78, 5) is 29.8. The molecule has 3 aromatic rings. The molecule has 0 bridgehead atoms. The Morgan fingerprint density at radius 2 is 1.55 bits per heavy atom. The normalized spacial score (nSPS) is 16.7. The summed E-state index contributed by atoms with van der Waals surface area (Å²) in [7, 11) is 3.93. The Morgan fingerprint density at radius 3 is 2.24 bits per heavy atom. The molecule has 0 spiro atoms. The number of rotatable bonds is 11. The number of aliphatic hydroxyl groups is 1. The predicted octanol–water partition coefficient (Wildman–Crippen LogP) is 4.83. The van der Waals surface area contributed by atoms with Crippen molar-refractivity contribution in [1.29, 1.82) is 0 Å². The summed E-state index contributed by atoms with van der Waals surface area (Å²) in [6.45, 7) is 3.93. The lowest BCUT2D eigenvalue weighted by molar-refractivity contribution is -0.139. The second-order valence-electron chi connectivity index (χ2n) is 9.55. The minimum absolute atomic E-state index is 0.103. The van der Waals surface area contributed by atoms with Crippen LogP contribution in [0.15, 0.2) is 84.4 Å². The molecular weight excluding hydrogens is 480 g/mol. The fraction of sp³-hybridized carbons (Fsp3) is 0.290. The van der Waals surface area contributed by atoms with Crippen molar-refractivity contribution in [3.05, 3.63) is 101 Å². The topological polar surface area (TPSA) is 79.3 Å². The Balaban J connectivity index is 1.53. The Kier molecular flexibility index (Phi) is 8.81. The summed E-state index contributed by atoms with van der Waals surface area (Å²) < 4.78 is 11.6. The molecule has 1 N–H and O–H groups in total. The van der Waals surface area contributed by atoms with E-state index in [-0.39, 0.29) is 11.3 Å². The van der Waals surface area contributed by atoms with Gasteiger partial charge in [-0.3, -0.25) is 9.59 Å². The minimum atomic E-state index is -0.684. The summed E-state index contributed by atoms with van der Waals surface area (Å²) in [5, 5.41) is 11.1. The quantitative estimate of drug-likeness (QED) is 0.171. The number of amides is 1. The number of carbonyl (C=O) groups excluding carboxylic acids is 2. The molecule has 7 heteroatoms. The molecule has 0 radical (unpaired) electrons. The van der Waals surface area contributed by atoms with Crippen LogP contribution in [0.3, 0.4) is 0 Å². The van der Waals surface area contributed by atoms with E-state index >= 15 is 0 Å². The van der Waals surface area contributed by atoms with Crippen LogP contribution in [0.5, 0.6) is 11.5 Å². The van der Waals surface area contributed by atoms with Gasteiger partial charge in [-0.2, -0.15) is 0 Å². The lowest BCUT2D eigenvalue weighted by atomic mass is 9.95. The SMILES string of the molecule is Cc1ccccc1OCCOc1ccc(C2/C(=C(/O)c3ccccc3)C(=O)C(=O)N2CCCN(C)C)cc1. The average Bonchev–Trinajstić information content (AvgIpc) is 3.17. The highest BCUT2D eigenvalue weighted by Gasteiger charge is 2.45. The standard InChI is InChI=1S/C31H34N2O5/c1-22-10-7-8-13-26(22)38-21-20-37-25-16-14-23(15-17-25)28-27(29(34)24-11-5-4-6-12-24)30(35)31(36)33(28)19-9-18-32(2)3/h4-8,10-17,28,34H,9,18-21H2,1-3H3/b29-27-. The third-order valence-electron chi connectivity index (χ3n) is 6.49. The number of hydrogen-bond donors (Lipinski definition) is 1. The summed E-state index contributed by atoms with van der Waals surface area (Å²) in [6, 6.07) is 23.3. The zero-order chi connectivity index (χ0) is 27.1. The summed E-state index contributed by atoms with van der Waals surface area (Å²) in [6.07, 6.45) is 0.698. The molecule has 1 unspecified atom stereocenters. The van der Waals surface area contributed by atoms with Crippen LogP contribution in [-0.2, 0) is 9.59 Å². The highest BCUT2D eigenvalue weighted by atomic mass is 16.5. The molecule has 4 rings (SSSR count). The van der Waals surface area contributed by atoms with Crippen molar-refractivity contribution < 1.29 is 24.2 Å². The summed E-state index contributed by atoms with van der Waals surface area (Å²) in [5.74, 6) is 0.0382. The first-order chi connectivity index (χ1) is 18.4. The Hall–Kier alpha value is -4.10. The maximum absolute atomic E-state index is 13.1. The fourth-order valence-corrected chi connectivity index (χ4v) is 4.54. The van der Waals surface area contributed by atoms with Gasteiger partial charge in [-0.25, -0.2) is 0 Å². The molecule has 0 saturated carbocycles. The second kappa shape index (κ2) is 12.4. The van der Waals surface area contributed by atoms with Gasteiger partial charge in [0.25, 0.3) is 11.7 Å². The second-order valence-corrected chi connectivity index (χ2v) is 9.55. The fourth-order valence-electron chi connectivity index (χ4n) is 4.54. The van der Waals surface area contributed by atoms with Crippen molar-refractivity contribution in [2.75, 3.05) is 40.4 Å². The molecular formula is C31H34N2O5. The van der Waals surface area contributed by atoms with Gasteiger partial charge in [-0.1, -0.05) is 60.7 Å².